The Morgan fingerprint density at radius 2 is 2.08 bits per heavy atom. The van der Waals surface area contributed by atoms with Gasteiger partial charge >= 0.3 is 5.97 Å². The van der Waals surface area contributed by atoms with Crippen LogP contribution in [0.2, 0.25) is 0 Å². The molecule has 1 saturated heterocycles. The number of esters is 1. The Labute approximate surface area is 144 Å². The molecule has 3 aromatic rings. The van der Waals surface area contributed by atoms with Crippen molar-refractivity contribution in [1.29, 1.82) is 0 Å². The van der Waals surface area contributed by atoms with Gasteiger partial charge in [0.05, 0.1) is 29.7 Å². The third-order valence-electron chi connectivity index (χ3n) is 4.13. The van der Waals surface area contributed by atoms with Gasteiger partial charge in [0.15, 0.2) is 5.13 Å². The van der Waals surface area contributed by atoms with E-state index in [0.29, 0.717) is 6.42 Å². The van der Waals surface area contributed by atoms with Crippen molar-refractivity contribution in [3.05, 3.63) is 59.7 Å². The summed E-state index contributed by atoms with van der Waals surface area (Å²) < 4.78 is 6.74. The molecular weight excluding hydrogens is 320 g/mol. The first-order valence-electron chi connectivity index (χ1n) is 8.03. The van der Waals surface area contributed by atoms with E-state index in [1.807, 2.05) is 49.4 Å². The lowest BCUT2D eigenvalue weighted by Crippen LogP contribution is -2.53. The fourth-order valence-corrected chi connectivity index (χ4v) is 3.86. The molecule has 5 heteroatoms. The summed E-state index contributed by atoms with van der Waals surface area (Å²) in [5, 5.41) is 1.00. The molecule has 4 nitrogen and oxygen atoms in total. The number of hydrogen-bond acceptors (Lipinski definition) is 5. The largest absolute Gasteiger partial charge is 0.458 e. The van der Waals surface area contributed by atoms with Gasteiger partial charge in [-0.1, -0.05) is 53.3 Å². The van der Waals surface area contributed by atoms with E-state index < -0.39 is 0 Å². The molecule has 2 heterocycles. The van der Waals surface area contributed by atoms with Crippen molar-refractivity contribution >= 4 is 32.7 Å². The fraction of sp³-hybridized carbons (Fsp3) is 0.263. The standard InChI is InChI=1S/C19H18N2O2S/c1-13-5-4-6-14(9-13)10-18(22)23-15-11-21(12-15)19-20-16-7-2-3-8-17(16)24-19/h2-9,15H,10-12H2,1H3. The van der Waals surface area contributed by atoms with Crippen molar-refractivity contribution in [2.45, 2.75) is 19.4 Å². The van der Waals surface area contributed by atoms with Crippen LogP contribution in [0, 0.1) is 6.92 Å². The van der Waals surface area contributed by atoms with Crippen molar-refractivity contribution in [1.82, 2.24) is 4.98 Å². The van der Waals surface area contributed by atoms with Crippen LogP contribution in [-0.4, -0.2) is 30.1 Å². The number of aromatic nitrogens is 1. The van der Waals surface area contributed by atoms with Crippen LogP contribution in [0.25, 0.3) is 10.2 Å². The maximum absolute atomic E-state index is 12.1. The Morgan fingerprint density at radius 1 is 1.25 bits per heavy atom. The average molecular weight is 338 g/mol. The highest BCUT2D eigenvalue weighted by Gasteiger charge is 2.32. The van der Waals surface area contributed by atoms with Gasteiger partial charge in [-0.3, -0.25) is 4.79 Å². The molecule has 4 rings (SSSR count). The quantitative estimate of drug-likeness (QED) is 0.682. The van der Waals surface area contributed by atoms with Crippen LogP contribution in [0.1, 0.15) is 11.1 Å². The van der Waals surface area contributed by atoms with Crippen LogP contribution in [-0.2, 0) is 16.0 Å². The molecule has 0 unspecified atom stereocenters. The lowest BCUT2D eigenvalue weighted by molar-refractivity contribution is -0.149. The molecule has 1 aromatic heterocycles. The van der Waals surface area contributed by atoms with Crippen LogP contribution in [0.15, 0.2) is 48.5 Å². The molecule has 0 N–H and O–H groups in total. The number of para-hydroxylation sites is 1. The van der Waals surface area contributed by atoms with E-state index in [9.17, 15) is 4.79 Å². The zero-order chi connectivity index (χ0) is 16.5. The summed E-state index contributed by atoms with van der Waals surface area (Å²) in [7, 11) is 0. The third-order valence-corrected chi connectivity index (χ3v) is 5.23. The summed E-state index contributed by atoms with van der Waals surface area (Å²) in [6, 6.07) is 16.1. The van der Waals surface area contributed by atoms with E-state index in [1.165, 1.54) is 4.70 Å². The summed E-state index contributed by atoms with van der Waals surface area (Å²) in [4.78, 5) is 18.8. The predicted molar refractivity (Wildman–Crippen MR) is 96.6 cm³/mol. The van der Waals surface area contributed by atoms with Crippen molar-refractivity contribution in [2.75, 3.05) is 18.0 Å². The first kappa shape index (κ1) is 15.1. The minimum atomic E-state index is -0.158. The lowest BCUT2D eigenvalue weighted by atomic mass is 10.1. The van der Waals surface area contributed by atoms with Crippen LogP contribution in [0.4, 0.5) is 5.13 Å². The van der Waals surface area contributed by atoms with Gasteiger partial charge in [0.1, 0.15) is 6.10 Å². The molecule has 1 fully saturated rings. The molecule has 2 aromatic carbocycles. The molecule has 0 aliphatic carbocycles. The van der Waals surface area contributed by atoms with Crippen LogP contribution < -0.4 is 4.90 Å². The minimum absolute atomic E-state index is 0.0330. The van der Waals surface area contributed by atoms with Crippen molar-refractivity contribution < 1.29 is 9.53 Å². The van der Waals surface area contributed by atoms with E-state index in [4.69, 9.17) is 4.74 Å². The molecule has 0 atom stereocenters. The molecule has 1 aliphatic heterocycles. The van der Waals surface area contributed by atoms with Gasteiger partial charge in [-0.2, -0.15) is 0 Å². The minimum Gasteiger partial charge on any atom is -0.458 e. The molecule has 24 heavy (non-hydrogen) atoms. The lowest BCUT2D eigenvalue weighted by Gasteiger charge is -2.38. The first-order chi connectivity index (χ1) is 11.7. The molecular formula is C19H18N2O2S. The summed E-state index contributed by atoms with van der Waals surface area (Å²) >= 11 is 1.68. The average Bonchev–Trinajstić information content (AvgIpc) is 2.93. The second-order valence-corrected chi connectivity index (χ2v) is 7.16. The number of anilines is 1. The van der Waals surface area contributed by atoms with Crippen molar-refractivity contribution in [3.8, 4) is 0 Å². The second kappa shape index (κ2) is 6.24. The molecule has 0 saturated carbocycles. The van der Waals surface area contributed by atoms with E-state index in [0.717, 1.165) is 34.9 Å². The third kappa shape index (κ3) is 3.12. The molecule has 0 radical (unpaired) electrons. The second-order valence-electron chi connectivity index (χ2n) is 6.15. The molecule has 122 valence electrons. The number of aryl methyl sites for hydroxylation is 1. The molecule has 1 aliphatic rings. The highest BCUT2D eigenvalue weighted by Crippen LogP contribution is 2.31. The number of benzene rings is 2. The van der Waals surface area contributed by atoms with E-state index in [1.54, 1.807) is 11.3 Å². The monoisotopic (exact) mass is 338 g/mol. The number of fused-ring (bicyclic) bond motifs is 1. The van der Waals surface area contributed by atoms with E-state index >= 15 is 0 Å². The molecule has 0 bridgehead atoms. The number of hydrogen-bond donors (Lipinski definition) is 0. The number of nitrogens with zero attached hydrogens (tertiary/aromatic N) is 2. The smallest absolute Gasteiger partial charge is 0.310 e. The van der Waals surface area contributed by atoms with Crippen LogP contribution in [0.3, 0.4) is 0 Å². The van der Waals surface area contributed by atoms with E-state index in [-0.39, 0.29) is 12.1 Å². The number of ether oxygens (including phenoxy) is 1. The Bertz CT molecular complexity index is 851. The number of rotatable bonds is 4. The predicted octanol–water partition coefficient (Wildman–Crippen LogP) is 3.58. The van der Waals surface area contributed by atoms with Crippen molar-refractivity contribution in [3.63, 3.8) is 0 Å². The first-order valence-corrected chi connectivity index (χ1v) is 8.84. The highest BCUT2D eigenvalue weighted by atomic mass is 32.1. The summed E-state index contributed by atoms with van der Waals surface area (Å²) in [6.07, 6.45) is 0.300. The Kier molecular flexibility index (Phi) is 3.94. The highest BCUT2D eigenvalue weighted by molar-refractivity contribution is 7.22. The van der Waals surface area contributed by atoms with Crippen LogP contribution >= 0.6 is 11.3 Å². The van der Waals surface area contributed by atoms with Crippen LogP contribution in [0.5, 0.6) is 0 Å². The molecule has 0 spiro atoms. The number of carbonyl (C=O) groups excluding carboxylic acids is 1. The van der Waals surface area contributed by atoms with Gasteiger partial charge in [0, 0.05) is 0 Å². The van der Waals surface area contributed by atoms with Gasteiger partial charge in [0.25, 0.3) is 0 Å². The van der Waals surface area contributed by atoms with Crippen molar-refractivity contribution in [2.24, 2.45) is 0 Å². The van der Waals surface area contributed by atoms with Gasteiger partial charge < -0.3 is 9.64 Å². The summed E-state index contributed by atoms with van der Waals surface area (Å²) in [5.41, 5.74) is 3.19. The maximum atomic E-state index is 12.1. The Morgan fingerprint density at radius 3 is 2.88 bits per heavy atom. The van der Waals surface area contributed by atoms with Gasteiger partial charge in [-0.15, -0.1) is 0 Å². The summed E-state index contributed by atoms with van der Waals surface area (Å²) in [6.45, 7) is 3.47. The summed E-state index contributed by atoms with van der Waals surface area (Å²) in [5.74, 6) is -0.158. The van der Waals surface area contributed by atoms with Gasteiger partial charge in [-0.05, 0) is 24.6 Å². The zero-order valence-electron chi connectivity index (χ0n) is 13.4. The fourth-order valence-electron chi connectivity index (χ4n) is 2.88. The Hall–Kier alpha value is -2.40. The molecule has 0 amide bonds. The topological polar surface area (TPSA) is 42.4 Å². The normalized spacial score (nSPS) is 14.6. The maximum Gasteiger partial charge on any atom is 0.310 e. The SMILES string of the molecule is Cc1cccc(CC(=O)OC2CN(c3nc4ccccc4s3)C2)c1. The van der Waals surface area contributed by atoms with Gasteiger partial charge in [-0.25, -0.2) is 4.98 Å². The number of thiazole rings is 1. The van der Waals surface area contributed by atoms with Gasteiger partial charge in [0.2, 0.25) is 0 Å². The van der Waals surface area contributed by atoms with E-state index in [2.05, 4.69) is 16.0 Å². The zero-order valence-corrected chi connectivity index (χ0v) is 14.3. The number of carbonyl (C=O) groups is 1. The Balaban J connectivity index is 1.31.